The van der Waals surface area contributed by atoms with Gasteiger partial charge in [0, 0.05) is 6.54 Å². The minimum absolute atomic E-state index is 0. The molecule has 0 aliphatic carbocycles. The predicted octanol–water partition coefficient (Wildman–Crippen LogP) is 1.26. The van der Waals surface area contributed by atoms with Gasteiger partial charge < -0.3 is 5.73 Å². The van der Waals surface area contributed by atoms with Gasteiger partial charge in [0.25, 0.3) is 0 Å². The van der Waals surface area contributed by atoms with Crippen LogP contribution in [-0.2, 0) is 10.0 Å². The maximum atomic E-state index is 13.2. The number of nitrogens with two attached hydrogens (primary N) is 1. The van der Waals surface area contributed by atoms with E-state index in [9.17, 15) is 12.8 Å². The third-order valence-corrected chi connectivity index (χ3v) is 3.54. The van der Waals surface area contributed by atoms with Crippen molar-refractivity contribution in [1.29, 1.82) is 0 Å². The summed E-state index contributed by atoms with van der Waals surface area (Å²) < 4.78 is 38.8. The number of rotatable bonds is 6. The second kappa shape index (κ2) is 7.60. The first-order chi connectivity index (χ1) is 7.58. The summed E-state index contributed by atoms with van der Waals surface area (Å²) in [7, 11) is -3.74. The number of sulfonamides is 1. The lowest BCUT2D eigenvalue weighted by Crippen LogP contribution is -2.26. The number of hydrogen-bond donors (Lipinski definition) is 2. The highest BCUT2D eigenvalue weighted by molar-refractivity contribution is 7.89. The summed E-state index contributed by atoms with van der Waals surface area (Å²) in [4.78, 5) is -0.317. The number of hydrogen-bond acceptors (Lipinski definition) is 3. The van der Waals surface area contributed by atoms with Crippen molar-refractivity contribution in [3.63, 3.8) is 0 Å². The number of unbranched alkanes of at least 4 members (excludes halogenated alkanes) is 1. The molecule has 0 saturated carbocycles. The van der Waals surface area contributed by atoms with Crippen molar-refractivity contribution in [2.75, 3.05) is 13.1 Å². The summed E-state index contributed by atoms with van der Waals surface area (Å²) in [5.74, 6) is -0.742. The SMILES string of the molecule is Cl.NCCCCNS(=O)(=O)c1ccccc1F. The minimum Gasteiger partial charge on any atom is -0.330 e. The fourth-order valence-corrected chi connectivity index (χ4v) is 2.37. The topological polar surface area (TPSA) is 72.2 Å². The summed E-state index contributed by atoms with van der Waals surface area (Å²) in [6.07, 6.45) is 1.38. The number of nitrogens with one attached hydrogen (secondary N) is 1. The molecule has 7 heteroatoms. The van der Waals surface area contributed by atoms with Crippen LogP contribution in [0.5, 0.6) is 0 Å². The van der Waals surface area contributed by atoms with Crippen molar-refractivity contribution in [3.05, 3.63) is 30.1 Å². The molecule has 1 aromatic carbocycles. The third-order valence-electron chi connectivity index (χ3n) is 2.05. The lowest BCUT2D eigenvalue weighted by Gasteiger charge is -2.06. The molecule has 0 unspecified atom stereocenters. The molecule has 0 fully saturated rings. The Labute approximate surface area is 107 Å². The molecule has 0 aromatic heterocycles. The molecule has 3 N–H and O–H groups in total. The van der Waals surface area contributed by atoms with E-state index >= 15 is 0 Å². The molecule has 17 heavy (non-hydrogen) atoms. The molecule has 0 saturated heterocycles. The molecule has 0 heterocycles. The monoisotopic (exact) mass is 282 g/mol. The summed E-state index contributed by atoms with van der Waals surface area (Å²) >= 11 is 0. The first-order valence-electron chi connectivity index (χ1n) is 5.02. The number of benzene rings is 1. The van der Waals surface area contributed by atoms with Gasteiger partial charge in [-0.1, -0.05) is 12.1 Å². The van der Waals surface area contributed by atoms with Crippen LogP contribution in [0.15, 0.2) is 29.2 Å². The van der Waals surface area contributed by atoms with Crippen LogP contribution in [0, 0.1) is 5.82 Å². The zero-order valence-corrected chi connectivity index (χ0v) is 10.9. The predicted molar refractivity (Wildman–Crippen MR) is 67.1 cm³/mol. The smallest absolute Gasteiger partial charge is 0.243 e. The van der Waals surface area contributed by atoms with Gasteiger partial charge in [0.15, 0.2) is 0 Å². The van der Waals surface area contributed by atoms with Crippen LogP contribution in [0.2, 0.25) is 0 Å². The normalized spacial score (nSPS) is 10.9. The number of halogens is 2. The van der Waals surface area contributed by atoms with Crippen molar-refractivity contribution in [2.45, 2.75) is 17.7 Å². The maximum Gasteiger partial charge on any atom is 0.243 e. The van der Waals surface area contributed by atoms with E-state index in [2.05, 4.69) is 4.72 Å². The Morgan fingerprint density at radius 1 is 1.24 bits per heavy atom. The van der Waals surface area contributed by atoms with Crippen LogP contribution in [0.4, 0.5) is 4.39 Å². The summed E-state index contributed by atoms with van der Waals surface area (Å²) in [6.45, 7) is 0.787. The van der Waals surface area contributed by atoms with Crippen molar-refractivity contribution in [1.82, 2.24) is 4.72 Å². The van der Waals surface area contributed by atoms with E-state index in [1.54, 1.807) is 0 Å². The molecule has 0 radical (unpaired) electrons. The van der Waals surface area contributed by atoms with Crippen LogP contribution >= 0.6 is 12.4 Å². The standard InChI is InChI=1S/C10H15FN2O2S.ClH/c11-9-5-1-2-6-10(9)16(14,15)13-8-4-3-7-12;/h1-2,5-6,13H,3-4,7-8,12H2;1H. The Hall–Kier alpha value is -0.690. The highest BCUT2D eigenvalue weighted by Gasteiger charge is 2.17. The average Bonchev–Trinajstić information content (AvgIpc) is 2.25. The van der Waals surface area contributed by atoms with E-state index in [0.717, 1.165) is 12.5 Å². The molecule has 0 atom stereocenters. The van der Waals surface area contributed by atoms with E-state index in [1.165, 1.54) is 18.2 Å². The van der Waals surface area contributed by atoms with Gasteiger partial charge in [-0.2, -0.15) is 0 Å². The zero-order chi connectivity index (χ0) is 12.0. The van der Waals surface area contributed by atoms with Gasteiger partial charge in [-0.05, 0) is 31.5 Å². The van der Waals surface area contributed by atoms with Gasteiger partial charge in [0.05, 0.1) is 0 Å². The Bertz CT molecular complexity index is 440. The fourth-order valence-electron chi connectivity index (χ4n) is 1.22. The summed E-state index contributed by atoms with van der Waals surface area (Å²) in [6, 6.07) is 5.29. The van der Waals surface area contributed by atoms with Gasteiger partial charge >= 0.3 is 0 Å². The van der Waals surface area contributed by atoms with Crippen LogP contribution in [0.25, 0.3) is 0 Å². The Morgan fingerprint density at radius 3 is 2.47 bits per heavy atom. The molecule has 0 spiro atoms. The van der Waals surface area contributed by atoms with Gasteiger partial charge in [0.1, 0.15) is 10.7 Å². The van der Waals surface area contributed by atoms with E-state index in [0.29, 0.717) is 13.0 Å². The van der Waals surface area contributed by atoms with Crippen molar-refractivity contribution < 1.29 is 12.8 Å². The molecule has 0 aliphatic rings. The molecule has 1 rings (SSSR count). The highest BCUT2D eigenvalue weighted by Crippen LogP contribution is 2.12. The Balaban J connectivity index is 0.00000256. The van der Waals surface area contributed by atoms with Crippen LogP contribution < -0.4 is 10.5 Å². The van der Waals surface area contributed by atoms with Crippen LogP contribution in [0.1, 0.15) is 12.8 Å². The van der Waals surface area contributed by atoms with Gasteiger partial charge in [-0.3, -0.25) is 0 Å². The molecule has 1 aromatic rings. The van der Waals surface area contributed by atoms with Gasteiger partial charge in [0.2, 0.25) is 10.0 Å². The summed E-state index contributed by atoms with van der Waals surface area (Å²) in [5.41, 5.74) is 5.28. The Kier molecular flexibility index (Phi) is 7.29. The minimum atomic E-state index is -3.74. The first kappa shape index (κ1) is 16.3. The lowest BCUT2D eigenvalue weighted by molar-refractivity contribution is 0.554. The second-order valence-electron chi connectivity index (χ2n) is 3.32. The second-order valence-corrected chi connectivity index (χ2v) is 5.06. The van der Waals surface area contributed by atoms with Crippen LogP contribution in [0.3, 0.4) is 0 Å². The largest absolute Gasteiger partial charge is 0.330 e. The quantitative estimate of drug-likeness (QED) is 0.772. The van der Waals surface area contributed by atoms with E-state index in [4.69, 9.17) is 5.73 Å². The van der Waals surface area contributed by atoms with Crippen molar-refractivity contribution in [3.8, 4) is 0 Å². The molecule has 0 bridgehead atoms. The summed E-state index contributed by atoms with van der Waals surface area (Å²) in [5, 5.41) is 0. The molecule has 0 amide bonds. The fraction of sp³-hybridized carbons (Fsp3) is 0.400. The van der Waals surface area contributed by atoms with Gasteiger partial charge in [-0.15, -0.1) is 12.4 Å². The molecule has 4 nitrogen and oxygen atoms in total. The molecular formula is C10H16ClFN2O2S. The zero-order valence-electron chi connectivity index (χ0n) is 9.23. The molecule has 98 valence electrons. The maximum absolute atomic E-state index is 13.2. The Morgan fingerprint density at radius 2 is 1.88 bits per heavy atom. The van der Waals surface area contributed by atoms with E-state index in [-0.39, 0.29) is 23.8 Å². The molecule has 0 aliphatic heterocycles. The van der Waals surface area contributed by atoms with Crippen molar-refractivity contribution >= 4 is 22.4 Å². The highest BCUT2D eigenvalue weighted by atomic mass is 35.5. The van der Waals surface area contributed by atoms with Crippen molar-refractivity contribution in [2.24, 2.45) is 5.73 Å². The average molecular weight is 283 g/mol. The first-order valence-corrected chi connectivity index (χ1v) is 6.50. The third kappa shape index (κ3) is 4.99. The van der Waals surface area contributed by atoms with Gasteiger partial charge in [-0.25, -0.2) is 17.5 Å². The molecular weight excluding hydrogens is 267 g/mol. The lowest BCUT2D eigenvalue weighted by atomic mass is 10.3. The van der Waals surface area contributed by atoms with Crippen LogP contribution in [-0.4, -0.2) is 21.5 Å². The van der Waals surface area contributed by atoms with E-state index in [1.807, 2.05) is 0 Å². The van der Waals surface area contributed by atoms with E-state index < -0.39 is 15.8 Å².